The van der Waals surface area contributed by atoms with Crippen LogP contribution in [-0.4, -0.2) is 0 Å². The molecule has 126 valence electrons. The minimum absolute atomic E-state index is 0.718. The molecule has 0 amide bonds. The van der Waals surface area contributed by atoms with Gasteiger partial charge in [0.1, 0.15) is 0 Å². The van der Waals surface area contributed by atoms with Gasteiger partial charge in [-0.1, -0.05) is 61.4 Å². The van der Waals surface area contributed by atoms with Crippen LogP contribution in [0.4, 0.5) is 0 Å². The van der Waals surface area contributed by atoms with E-state index in [-0.39, 0.29) is 0 Å². The monoisotopic (exact) mass is 310 g/mol. The van der Waals surface area contributed by atoms with Crippen LogP contribution in [0.25, 0.3) is 0 Å². The predicted octanol–water partition coefficient (Wildman–Crippen LogP) is 7.04. The molecule has 0 heteroatoms. The van der Waals surface area contributed by atoms with Crippen LogP contribution in [0.2, 0.25) is 0 Å². The van der Waals surface area contributed by atoms with E-state index >= 15 is 0 Å². The highest BCUT2D eigenvalue weighted by Crippen LogP contribution is 2.21. The van der Waals surface area contributed by atoms with Crippen LogP contribution >= 0.6 is 0 Å². The van der Waals surface area contributed by atoms with Crippen LogP contribution in [0.3, 0.4) is 0 Å². The molecular formula is C23H34. The van der Waals surface area contributed by atoms with Gasteiger partial charge in [0.2, 0.25) is 0 Å². The van der Waals surface area contributed by atoms with E-state index in [0.29, 0.717) is 0 Å². The highest BCUT2D eigenvalue weighted by atomic mass is 14.1. The predicted molar refractivity (Wildman–Crippen MR) is 105 cm³/mol. The van der Waals surface area contributed by atoms with Gasteiger partial charge in [-0.05, 0) is 82.1 Å². The van der Waals surface area contributed by atoms with Gasteiger partial charge in [0.15, 0.2) is 0 Å². The average Bonchev–Trinajstić information content (AvgIpc) is 2.45. The van der Waals surface area contributed by atoms with Crippen molar-refractivity contribution in [2.75, 3.05) is 0 Å². The second kappa shape index (κ2) is 8.91. The normalized spacial score (nSPS) is 12.9. The lowest BCUT2D eigenvalue weighted by atomic mass is 9.94. The Morgan fingerprint density at radius 3 is 2.35 bits per heavy atom. The number of benzene rings is 1. The molecule has 0 nitrogen and oxygen atoms in total. The molecule has 1 aromatic rings. The first-order valence-electron chi connectivity index (χ1n) is 8.79. The summed E-state index contributed by atoms with van der Waals surface area (Å²) in [5.74, 6) is 0.718. The first-order valence-corrected chi connectivity index (χ1v) is 8.79. The lowest BCUT2D eigenvalue weighted by Crippen LogP contribution is -1.96. The van der Waals surface area contributed by atoms with Gasteiger partial charge in [0, 0.05) is 0 Å². The Morgan fingerprint density at radius 2 is 1.74 bits per heavy atom. The Bertz CT molecular complexity index is 609. The summed E-state index contributed by atoms with van der Waals surface area (Å²) in [7, 11) is 0. The van der Waals surface area contributed by atoms with Crippen LogP contribution < -0.4 is 0 Å². The average molecular weight is 311 g/mol. The Balaban J connectivity index is 2.70. The van der Waals surface area contributed by atoms with Crippen molar-refractivity contribution in [3.8, 4) is 0 Å². The topological polar surface area (TPSA) is 0 Å². The second-order valence-electron chi connectivity index (χ2n) is 7.43. The van der Waals surface area contributed by atoms with Gasteiger partial charge in [-0.15, -0.1) is 0 Å². The molecule has 23 heavy (non-hydrogen) atoms. The zero-order valence-corrected chi connectivity index (χ0v) is 16.2. The number of hydrogen-bond acceptors (Lipinski definition) is 0. The Morgan fingerprint density at radius 1 is 1.09 bits per heavy atom. The molecule has 0 saturated carbocycles. The van der Waals surface area contributed by atoms with E-state index in [1.807, 2.05) is 0 Å². The molecule has 0 atom stereocenters. The van der Waals surface area contributed by atoms with E-state index in [1.54, 1.807) is 0 Å². The van der Waals surface area contributed by atoms with Crippen molar-refractivity contribution in [2.45, 2.75) is 67.7 Å². The minimum atomic E-state index is 0.718. The maximum atomic E-state index is 4.29. The zero-order valence-electron chi connectivity index (χ0n) is 16.2. The molecule has 1 rings (SSSR count). The molecule has 0 aromatic heterocycles. The second-order valence-corrected chi connectivity index (χ2v) is 7.43. The molecule has 0 aliphatic carbocycles. The Labute approximate surface area is 144 Å². The third-order valence-electron chi connectivity index (χ3n) is 4.52. The molecule has 0 heterocycles. The molecule has 0 aliphatic heterocycles. The van der Waals surface area contributed by atoms with Crippen molar-refractivity contribution in [3.05, 3.63) is 69.8 Å². The first-order chi connectivity index (χ1) is 10.7. The molecule has 0 N–H and O–H groups in total. The number of allylic oxidation sites excluding steroid dienone is 5. The quantitative estimate of drug-likeness (QED) is 0.474. The fraction of sp³-hybridized carbons (Fsp3) is 0.478. The summed E-state index contributed by atoms with van der Waals surface area (Å²) < 4.78 is 0. The van der Waals surface area contributed by atoms with Crippen LogP contribution in [0.15, 0.2) is 47.6 Å². The summed E-state index contributed by atoms with van der Waals surface area (Å²) in [6.07, 6.45) is 7.76. The van der Waals surface area contributed by atoms with Gasteiger partial charge < -0.3 is 0 Å². The zero-order chi connectivity index (χ0) is 17.6. The Kier molecular flexibility index (Phi) is 7.55. The summed E-state index contributed by atoms with van der Waals surface area (Å²) in [6, 6.07) is 4.59. The summed E-state index contributed by atoms with van der Waals surface area (Å²) in [5, 5.41) is 0. The smallest absolute Gasteiger partial charge is 0.0236 e. The van der Waals surface area contributed by atoms with Gasteiger partial charge in [0.05, 0.1) is 0 Å². The van der Waals surface area contributed by atoms with Crippen LogP contribution in [0.5, 0.6) is 0 Å². The third kappa shape index (κ3) is 6.60. The van der Waals surface area contributed by atoms with E-state index in [2.05, 4.69) is 79.3 Å². The van der Waals surface area contributed by atoms with Crippen molar-refractivity contribution >= 4 is 0 Å². The fourth-order valence-electron chi connectivity index (χ4n) is 2.97. The van der Waals surface area contributed by atoms with Gasteiger partial charge in [-0.3, -0.25) is 0 Å². The van der Waals surface area contributed by atoms with E-state index in [4.69, 9.17) is 0 Å². The SMILES string of the molecule is C=C(CCc1cc(C)cc(C)c1C)C(C)=CC=C(C)CC(C)C. The minimum Gasteiger partial charge on any atom is -0.0956 e. The molecule has 0 fully saturated rings. The van der Waals surface area contributed by atoms with Gasteiger partial charge in [-0.2, -0.15) is 0 Å². The highest BCUT2D eigenvalue weighted by Gasteiger charge is 2.05. The molecule has 1 aromatic carbocycles. The first kappa shape index (κ1) is 19.5. The molecule has 0 unspecified atom stereocenters. The highest BCUT2D eigenvalue weighted by molar-refractivity contribution is 5.38. The van der Waals surface area contributed by atoms with Crippen molar-refractivity contribution in [2.24, 2.45) is 5.92 Å². The molecule has 0 saturated heterocycles. The summed E-state index contributed by atoms with van der Waals surface area (Å²) in [6.45, 7) is 19.8. The maximum absolute atomic E-state index is 4.29. The summed E-state index contributed by atoms with van der Waals surface area (Å²) in [4.78, 5) is 0. The van der Waals surface area contributed by atoms with Crippen molar-refractivity contribution in [3.63, 3.8) is 0 Å². The summed E-state index contributed by atoms with van der Waals surface area (Å²) in [5.41, 5.74) is 9.63. The molecule has 0 bridgehead atoms. The van der Waals surface area contributed by atoms with E-state index in [9.17, 15) is 0 Å². The molecule has 0 aliphatic rings. The van der Waals surface area contributed by atoms with E-state index in [1.165, 1.54) is 39.0 Å². The van der Waals surface area contributed by atoms with E-state index in [0.717, 1.165) is 25.2 Å². The van der Waals surface area contributed by atoms with Crippen LogP contribution in [0, 0.1) is 26.7 Å². The lowest BCUT2D eigenvalue weighted by Gasteiger charge is -2.12. The van der Waals surface area contributed by atoms with Gasteiger partial charge >= 0.3 is 0 Å². The summed E-state index contributed by atoms with van der Waals surface area (Å²) >= 11 is 0. The van der Waals surface area contributed by atoms with Crippen molar-refractivity contribution in [1.29, 1.82) is 0 Å². The largest absolute Gasteiger partial charge is 0.0956 e. The molecular weight excluding hydrogens is 276 g/mol. The standard InChI is InChI=1S/C23H34/c1-16(2)13-17(3)9-10-19(5)20(6)11-12-23-15-18(4)14-21(7)22(23)8/h9-10,14-16H,6,11-13H2,1-5,7-8H3. The van der Waals surface area contributed by atoms with Gasteiger partial charge in [-0.25, -0.2) is 0 Å². The number of rotatable bonds is 7. The lowest BCUT2D eigenvalue weighted by molar-refractivity contribution is 0.642. The number of aryl methyl sites for hydroxylation is 3. The van der Waals surface area contributed by atoms with Crippen molar-refractivity contribution in [1.82, 2.24) is 0 Å². The van der Waals surface area contributed by atoms with Gasteiger partial charge in [0.25, 0.3) is 0 Å². The Hall–Kier alpha value is -1.56. The van der Waals surface area contributed by atoms with Crippen LogP contribution in [0.1, 0.15) is 62.8 Å². The maximum Gasteiger partial charge on any atom is -0.0236 e. The number of hydrogen-bond donors (Lipinski definition) is 0. The van der Waals surface area contributed by atoms with E-state index < -0.39 is 0 Å². The molecule has 0 radical (unpaired) electrons. The van der Waals surface area contributed by atoms with Crippen molar-refractivity contribution < 1.29 is 0 Å². The molecule has 0 spiro atoms. The van der Waals surface area contributed by atoms with Crippen LogP contribution in [-0.2, 0) is 6.42 Å². The fourth-order valence-corrected chi connectivity index (χ4v) is 2.97. The third-order valence-corrected chi connectivity index (χ3v) is 4.52.